The van der Waals surface area contributed by atoms with Crippen molar-refractivity contribution >= 4 is 19.9 Å². The second kappa shape index (κ2) is 7.14. The Balaban J connectivity index is 1.34. The van der Waals surface area contributed by atoms with E-state index in [-0.39, 0.29) is 12.4 Å². The lowest BCUT2D eigenvalue weighted by atomic mass is 10.1. The number of pyridine rings is 1. The fraction of sp³-hybridized carbons (Fsp3) is 0.438. The smallest absolute Gasteiger partial charge is 0.422 e. The van der Waals surface area contributed by atoms with Crippen LogP contribution in [0.2, 0.25) is 0 Å². The Morgan fingerprint density at radius 3 is 3.06 bits per heavy atom. The van der Waals surface area contributed by atoms with Crippen LogP contribution in [0.15, 0.2) is 30.6 Å². The first kappa shape index (κ1) is 20.2. The second-order valence-electron chi connectivity index (χ2n) is 6.84. The molecule has 31 heavy (non-hydrogen) atoms. The van der Waals surface area contributed by atoms with E-state index in [1.807, 2.05) is 0 Å². The van der Waals surface area contributed by atoms with E-state index in [0.717, 1.165) is 17.2 Å². The zero-order valence-electron chi connectivity index (χ0n) is 15.5. The monoisotopic (exact) mass is 459 g/mol. The summed E-state index contributed by atoms with van der Waals surface area (Å²) in [5.74, 6) is -3.27. The van der Waals surface area contributed by atoms with E-state index >= 15 is 4.39 Å². The molecule has 4 aliphatic rings. The Morgan fingerprint density at radius 2 is 2.26 bits per heavy atom. The van der Waals surface area contributed by atoms with Gasteiger partial charge >= 0.3 is 14.0 Å². The molecule has 0 saturated carbocycles. The molecule has 0 aromatic carbocycles. The van der Waals surface area contributed by atoms with E-state index in [9.17, 15) is 19.3 Å². The van der Waals surface area contributed by atoms with E-state index in [1.54, 1.807) is 6.07 Å². The molecule has 15 heteroatoms. The van der Waals surface area contributed by atoms with Gasteiger partial charge in [-0.3, -0.25) is 18.8 Å². The van der Waals surface area contributed by atoms with Gasteiger partial charge in [-0.15, -0.1) is 0 Å². The number of aliphatic hydroxyl groups is 1. The molecular formula is C16H15FN3O10P. The van der Waals surface area contributed by atoms with Gasteiger partial charge in [0.2, 0.25) is 18.4 Å². The van der Waals surface area contributed by atoms with Crippen molar-refractivity contribution in [1.82, 2.24) is 15.2 Å². The molecule has 166 valence electrons. The van der Waals surface area contributed by atoms with Crippen LogP contribution in [0.1, 0.15) is 5.69 Å². The number of halogens is 1. The molecule has 13 nitrogen and oxygen atoms in total. The average Bonchev–Trinajstić information content (AvgIpc) is 3.24. The molecule has 1 aromatic rings. The number of phosphoric acid groups is 1. The highest BCUT2D eigenvalue weighted by atomic mass is 31.2. The zero-order valence-corrected chi connectivity index (χ0v) is 16.3. The fourth-order valence-electron chi connectivity index (χ4n) is 3.44. The number of carbonyl (C=O) groups excluding carboxylic acids is 2. The highest BCUT2D eigenvalue weighted by Crippen LogP contribution is 2.55. The predicted molar refractivity (Wildman–Crippen MR) is 92.2 cm³/mol. The zero-order chi connectivity index (χ0) is 21.8. The summed E-state index contributed by atoms with van der Waals surface area (Å²) in [6, 6.07) is 3.04. The first-order valence-electron chi connectivity index (χ1n) is 8.97. The largest absolute Gasteiger partial charge is 0.530 e. The second-order valence-corrected chi connectivity index (χ2v) is 8.44. The molecule has 0 bridgehead atoms. The molecule has 2 N–H and O–H groups in total. The number of carbonyl (C=O) groups is 2. The van der Waals surface area contributed by atoms with Gasteiger partial charge in [-0.05, 0) is 12.1 Å². The van der Waals surface area contributed by atoms with Crippen LogP contribution in [-0.4, -0.2) is 64.3 Å². The molecule has 0 aliphatic carbocycles. The summed E-state index contributed by atoms with van der Waals surface area (Å²) < 4.78 is 59.0. The maximum atomic E-state index is 15.7. The Morgan fingerprint density at radius 1 is 1.42 bits per heavy atom. The number of aromatic nitrogens is 1. The van der Waals surface area contributed by atoms with Crippen LogP contribution in [0, 0.1) is 0 Å². The van der Waals surface area contributed by atoms with Crippen molar-refractivity contribution < 1.29 is 51.4 Å². The van der Waals surface area contributed by atoms with Crippen molar-refractivity contribution in [2.75, 3.05) is 6.61 Å². The van der Waals surface area contributed by atoms with E-state index in [1.165, 1.54) is 12.3 Å². The Kier molecular flexibility index (Phi) is 4.64. The third kappa shape index (κ3) is 3.51. The number of nitrogens with one attached hydrogen (secondary N) is 1. The van der Waals surface area contributed by atoms with Crippen LogP contribution in [0.25, 0.3) is 0 Å². The molecular weight excluding hydrogens is 444 g/mol. The van der Waals surface area contributed by atoms with Crippen molar-refractivity contribution in [3.63, 3.8) is 0 Å². The van der Waals surface area contributed by atoms with Gasteiger partial charge in [-0.25, -0.2) is 13.8 Å². The van der Waals surface area contributed by atoms with E-state index in [4.69, 9.17) is 27.8 Å². The van der Waals surface area contributed by atoms with E-state index in [2.05, 4.69) is 10.3 Å². The third-order valence-corrected chi connectivity index (χ3v) is 6.17. The van der Waals surface area contributed by atoms with Gasteiger partial charge in [0.25, 0.3) is 5.85 Å². The highest BCUT2D eigenvalue weighted by molar-refractivity contribution is 7.49. The highest BCUT2D eigenvalue weighted by Gasteiger charge is 2.66. The lowest BCUT2D eigenvalue weighted by Crippen LogP contribution is -2.55. The van der Waals surface area contributed by atoms with Crippen LogP contribution >= 0.6 is 7.82 Å². The van der Waals surface area contributed by atoms with Crippen molar-refractivity contribution in [1.29, 1.82) is 0 Å². The molecule has 2 unspecified atom stereocenters. The lowest BCUT2D eigenvalue weighted by molar-refractivity contribution is -0.230. The van der Waals surface area contributed by atoms with E-state index < -0.39 is 57.1 Å². The van der Waals surface area contributed by atoms with Crippen molar-refractivity contribution in [3.8, 4) is 5.75 Å². The number of hydrogen-bond acceptors (Lipinski definition) is 12. The number of nitrogens with zero attached hydrogens (tertiary/aromatic N) is 2. The minimum absolute atomic E-state index is 0.154. The maximum absolute atomic E-state index is 15.7. The van der Waals surface area contributed by atoms with Crippen LogP contribution in [0.5, 0.6) is 5.75 Å². The summed E-state index contributed by atoms with van der Waals surface area (Å²) in [4.78, 5) is 28.0. The number of hydrogen-bond donors (Lipinski definition) is 2. The topological polar surface area (TPSA) is 155 Å². The SMILES string of the molecule is O=C1C=CN([C@@H]2O[C@](F)(COP3(=O)OCc4ncccc4O3)[C@H]3OC(=O)O[C@@H]23)C(O)N1. The van der Waals surface area contributed by atoms with Gasteiger partial charge < -0.3 is 34.1 Å². The molecule has 0 spiro atoms. The molecule has 1 aromatic heterocycles. The molecule has 2 saturated heterocycles. The summed E-state index contributed by atoms with van der Waals surface area (Å²) >= 11 is 0. The standard InChI is InChI=1S/C16H15FN3O10P/c17-16(7-26-31(24)25-6-8-9(30-31)2-1-4-18-8)12-11(27-15(23)28-12)13(29-16)20-5-3-10(21)19-14(20)22/h1-5,11-14,22H,6-7H2,(H,19,21)/t11-,12+,13-,14?,16-,31?/m1/s1. The summed E-state index contributed by atoms with van der Waals surface area (Å²) in [6.45, 7) is -1.21. The van der Waals surface area contributed by atoms with Crippen LogP contribution in [0.4, 0.5) is 9.18 Å². The van der Waals surface area contributed by atoms with Crippen molar-refractivity contribution in [3.05, 3.63) is 36.3 Å². The molecule has 0 radical (unpaired) electrons. The Labute approximate surface area is 173 Å². The predicted octanol–water partition coefficient (Wildman–Crippen LogP) is 0.263. The number of aliphatic hydroxyl groups excluding tert-OH is 1. The summed E-state index contributed by atoms with van der Waals surface area (Å²) in [5.41, 5.74) is 0.385. The molecule has 5 heterocycles. The van der Waals surface area contributed by atoms with Gasteiger partial charge in [0, 0.05) is 18.5 Å². The number of phosphoric ester groups is 1. The van der Waals surface area contributed by atoms with Crippen LogP contribution in [-0.2, 0) is 39.2 Å². The lowest BCUT2D eigenvalue weighted by Gasteiger charge is -2.35. The minimum Gasteiger partial charge on any atom is -0.422 e. The van der Waals surface area contributed by atoms with E-state index in [0.29, 0.717) is 5.69 Å². The number of alkyl halides is 1. The fourth-order valence-corrected chi connectivity index (χ4v) is 4.64. The normalized spacial score (nSPS) is 38.6. The average molecular weight is 459 g/mol. The van der Waals surface area contributed by atoms with Crippen molar-refractivity contribution in [2.45, 2.75) is 37.2 Å². The molecule has 2 fully saturated rings. The number of amides is 1. The van der Waals surface area contributed by atoms with Crippen LogP contribution < -0.4 is 9.84 Å². The van der Waals surface area contributed by atoms with Gasteiger partial charge in [0.05, 0.1) is 0 Å². The summed E-state index contributed by atoms with van der Waals surface area (Å²) in [7, 11) is -4.24. The summed E-state index contributed by atoms with van der Waals surface area (Å²) in [6.07, 6.45) is -3.39. The molecule has 1 amide bonds. The summed E-state index contributed by atoms with van der Waals surface area (Å²) in [5, 5.41) is 12.2. The van der Waals surface area contributed by atoms with Gasteiger partial charge in [-0.2, -0.15) is 0 Å². The first-order valence-corrected chi connectivity index (χ1v) is 10.4. The maximum Gasteiger partial charge on any atom is 0.530 e. The van der Waals surface area contributed by atoms with Crippen LogP contribution in [0.3, 0.4) is 0 Å². The minimum atomic E-state index is -4.24. The molecule has 5 rings (SSSR count). The molecule has 4 aliphatic heterocycles. The van der Waals surface area contributed by atoms with Crippen molar-refractivity contribution in [2.24, 2.45) is 0 Å². The third-order valence-electron chi connectivity index (χ3n) is 4.86. The Bertz CT molecular complexity index is 1010. The Hall–Kier alpha value is -2.77. The van der Waals surface area contributed by atoms with Gasteiger partial charge in [-0.1, -0.05) is 0 Å². The first-order chi connectivity index (χ1) is 14.8. The van der Waals surface area contributed by atoms with Gasteiger partial charge in [0.1, 0.15) is 18.9 Å². The number of fused-ring (bicyclic) bond motifs is 2. The van der Waals surface area contributed by atoms with Gasteiger partial charge in [0.15, 0.2) is 18.1 Å². The molecule has 6 atom stereocenters. The number of ether oxygens (including phenoxy) is 3. The quantitative estimate of drug-likeness (QED) is 0.469. The number of rotatable bonds is 4.